The second kappa shape index (κ2) is 16.4. The van der Waals surface area contributed by atoms with Crippen LogP contribution in [0, 0.1) is 5.92 Å². The number of hydrogen-bond acceptors (Lipinski definition) is 7. The molecule has 0 fully saturated rings. The third-order valence-electron chi connectivity index (χ3n) is 5.78. The van der Waals surface area contributed by atoms with Crippen LogP contribution in [0.15, 0.2) is 42.6 Å². The Kier molecular flexibility index (Phi) is 13.3. The van der Waals surface area contributed by atoms with E-state index in [1.807, 2.05) is 18.3 Å². The van der Waals surface area contributed by atoms with E-state index in [0.29, 0.717) is 34.1 Å². The van der Waals surface area contributed by atoms with Crippen LogP contribution in [0.1, 0.15) is 50.0 Å². The Morgan fingerprint density at radius 2 is 1.61 bits per heavy atom. The van der Waals surface area contributed by atoms with Gasteiger partial charge in [-0.05, 0) is 49.7 Å². The summed E-state index contributed by atoms with van der Waals surface area (Å²) >= 11 is 11.8. The Hall–Kier alpha value is -3.89. The van der Waals surface area contributed by atoms with Crippen LogP contribution in [0.4, 0.5) is 5.69 Å². The largest absolute Gasteiger partial charge is 0.466 e. The lowest BCUT2D eigenvalue weighted by Gasteiger charge is -2.15. The number of H-pyrrole nitrogens is 1. The zero-order valence-electron chi connectivity index (χ0n) is 23.2. The summed E-state index contributed by atoms with van der Waals surface area (Å²) in [6.45, 7) is 6.99. The molecule has 1 heterocycles. The number of benzene rings is 2. The molecule has 3 rings (SSSR count). The Morgan fingerprint density at radius 1 is 0.976 bits per heavy atom. The summed E-state index contributed by atoms with van der Waals surface area (Å²) in [6, 6.07) is 9.36. The highest BCUT2D eigenvalue weighted by atomic mass is 35.5. The molecule has 1 aromatic heterocycles. The number of hydrogen-bond donors (Lipinski definition) is 3. The number of anilines is 1. The lowest BCUT2D eigenvalue weighted by molar-refractivity contribution is -0.147. The van der Waals surface area contributed by atoms with E-state index < -0.39 is 23.9 Å². The number of aromatic nitrogens is 1. The monoisotopic (exact) mass is 605 g/mol. The summed E-state index contributed by atoms with van der Waals surface area (Å²) < 4.78 is 9.85. The number of ether oxygens (including phenoxy) is 2. The number of nitrogens with one attached hydrogen (secondary N) is 3. The van der Waals surface area contributed by atoms with Gasteiger partial charge in [-0.1, -0.05) is 36.2 Å². The molecule has 2 atom stereocenters. The van der Waals surface area contributed by atoms with Gasteiger partial charge in [0.25, 0.3) is 0 Å². The molecule has 0 spiro atoms. The number of carbonyl (C=O) groups is 5. The summed E-state index contributed by atoms with van der Waals surface area (Å²) in [4.78, 5) is 60.5. The molecule has 10 nitrogen and oxygen atoms in total. The van der Waals surface area contributed by atoms with Crippen molar-refractivity contribution in [1.29, 1.82) is 0 Å². The molecular weight excluding hydrogens is 573 g/mol. The molecule has 0 bridgehead atoms. The summed E-state index contributed by atoms with van der Waals surface area (Å²) in [6.07, 6.45) is 2.65. The minimum atomic E-state index is -0.697. The number of rotatable bonds is 12. The molecule has 0 aliphatic carbocycles. The first kappa shape index (κ1) is 33.3. The van der Waals surface area contributed by atoms with Gasteiger partial charge >= 0.3 is 11.9 Å². The van der Waals surface area contributed by atoms with Crippen molar-refractivity contribution < 1.29 is 33.4 Å². The first-order valence-electron chi connectivity index (χ1n) is 12.9. The smallest absolute Gasteiger partial charge is 0.328 e. The molecule has 0 saturated heterocycles. The van der Waals surface area contributed by atoms with Crippen molar-refractivity contribution in [2.24, 2.45) is 5.92 Å². The van der Waals surface area contributed by atoms with E-state index in [4.69, 9.17) is 32.7 Å². The Bertz CT molecular complexity index is 1390. The maximum atomic E-state index is 12.2. The highest BCUT2D eigenvalue weighted by molar-refractivity contribution is 6.31. The van der Waals surface area contributed by atoms with Gasteiger partial charge in [-0.25, -0.2) is 4.79 Å². The van der Waals surface area contributed by atoms with Gasteiger partial charge in [0, 0.05) is 52.5 Å². The minimum absolute atomic E-state index is 0.00794. The van der Waals surface area contributed by atoms with E-state index >= 15 is 0 Å². The number of amides is 2. The molecular formula is C29H33Cl2N3O7. The summed E-state index contributed by atoms with van der Waals surface area (Å²) in [7, 11) is 0. The predicted octanol–water partition coefficient (Wildman–Crippen LogP) is 5.11. The molecule has 2 amide bonds. The van der Waals surface area contributed by atoms with Crippen LogP contribution in [0.2, 0.25) is 10.0 Å². The number of fused-ring (bicyclic) bond motifs is 1. The number of halogens is 2. The number of ketones is 1. The van der Waals surface area contributed by atoms with Crippen LogP contribution in [0.5, 0.6) is 0 Å². The van der Waals surface area contributed by atoms with Crippen LogP contribution in [0.3, 0.4) is 0 Å². The summed E-state index contributed by atoms with van der Waals surface area (Å²) in [5, 5.41) is 7.07. The van der Waals surface area contributed by atoms with Crippen molar-refractivity contribution in [2.45, 2.75) is 46.6 Å². The zero-order chi connectivity index (χ0) is 30.5. The average Bonchev–Trinajstić information content (AvgIpc) is 3.30. The highest BCUT2D eigenvalue weighted by Gasteiger charge is 2.23. The third kappa shape index (κ3) is 10.2. The van der Waals surface area contributed by atoms with Gasteiger partial charge in [0.05, 0.1) is 24.8 Å². The van der Waals surface area contributed by atoms with Gasteiger partial charge in [0.2, 0.25) is 12.3 Å². The van der Waals surface area contributed by atoms with E-state index in [-0.39, 0.29) is 31.3 Å². The van der Waals surface area contributed by atoms with Gasteiger partial charge in [0.1, 0.15) is 6.04 Å². The van der Waals surface area contributed by atoms with Crippen LogP contribution < -0.4 is 10.6 Å². The molecule has 0 saturated carbocycles. The van der Waals surface area contributed by atoms with Gasteiger partial charge in [-0.3, -0.25) is 19.2 Å². The molecule has 0 unspecified atom stereocenters. The zero-order valence-corrected chi connectivity index (χ0v) is 24.7. The van der Waals surface area contributed by atoms with Gasteiger partial charge in [-0.2, -0.15) is 0 Å². The van der Waals surface area contributed by atoms with Crippen LogP contribution in [0.25, 0.3) is 10.9 Å². The number of aromatic amines is 1. The van der Waals surface area contributed by atoms with E-state index in [1.165, 1.54) is 19.1 Å². The lowest BCUT2D eigenvalue weighted by atomic mass is 9.98. The predicted molar refractivity (Wildman–Crippen MR) is 157 cm³/mol. The van der Waals surface area contributed by atoms with Gasteiger partial charge in [-0.15, -0.1) is 0 Å². The third-order valence-corrected chi connectivity index (χ3v) is 6.25. The van der Waals surface area contributed by atoms with E-state index in [9.17, 15) is 24.0 Å². The maximum Gasteiger partial charge on any atom is 0.328 e. The summed E-state index contributed by atoms with van der Waals surface area (Å²) in [5.41, 5.74) is 2.46. The fraction of sp³-hybridized carbons (Fsp3) is 0.345. The first-order valence-corrected chi connectivity index (χ1v) is 13.6. The fourth-order valence-electron chi connectivity index (χ4n) is 3.93. The molecule has 12 heteroatoms. The normalized spacial score (nSPS) is 11.9. The number of esters is 2. The second-order valence-electron chi connectivity index (χ2n) is 8.95. The standard InChI is InChI=1S/C15H17ClN2O3.C14H16ClNO4/c1-3-21-15(20)14(18-9(2)19)6-10-8-17-13-7-11(16)4-5-12(10)13;1-3-20-14(19)9(2)6-13(18)11-5-4-10(15)7-12(11)16-8-17/h4-5,7-8,14,17H,3,6H2,1-2H3,(H,18,19);4-5,7-9H,3,6H2,1-2H3,(H,16,17)/t14-;9-/m00/s1. The van der Waals surface area contributed by atoms with Gasteiger partial charge in [0.15, 0.2) is 5.78 Å². The second-order valence-corrected chi connectivity index (χ2v) is 9.82. The molecule has 0 radical (unpaired) electrons. The van der Waals surface area contributed by atoms with E-state index in [2.05, 4.69) is 15.6 Å². The first-order chi connectivity index (χ1) is 19.5. The highest BCUT2D eigenvalue weighted by Crippen LogP contribution is 2.24. The molecule has 220 valence electrons. The van der Waals surface area contributed by atoms with E-state index in [1.54, 1.807) is 32.9 Å². The van der Waals surface area contributed by atoms with Crippen LogP contribution in [-0.4, -0.2) is 54.3 Å². The molecule has 0 aliphatic rings. The number of carbonyl (C=O) groups excluding carboxylic acids is 5. The Morgan fingerprint density at radius 3 is 2.24 bits per heavy atom. The molecule has 0 aliphatic heterocycles. The van der Waals surface area contributed by atoms with Gasteiger partial charge < -0.3 is 25.1 Å². The minimum Gasteiger partial charge on any atom is -0.466 e. The van der Waals surface area contributed by atoms with E-state index in [0.717, 1.165) is 16.5 Å². The summed E-state index contributed by atoms with van der Waals surface area (Å²) in [5.74, 6) is -1.92. The molecule has 2 aromatic carbocycles. The number of Topliss-reactive ketones (excluding diaryl/α,β-unsaturated/α-hetero) is 1. The SMILES string of the molecule is CCOC(=O)[C@@H](C)CC(=O)c1ccc(Cl)cc1NC=O.CCOC(=O)[C@H](Cc1c[nH]c2cc(Cl)ccc12)NC(C)=O. The van der Waals surface area contributed by atoms with Crippen LogP contribution in [-0.2, 0) is 35.1 Å². The van der Waals surface area contributed by atoms with Crippen molar-refractivity contribution in [3.63, 3.8) is 0 Å². The topological polar surface area (TPSA) is 144 Å². The molecule has 3 N–H and O–H groups in total. The maximum absolute atomic E-state index is 12.2. The van der Waals surface area contributed by atoms with Crippen molar-refractivity contribution in [3.8, 4) is 0 Å². The Balaban J connectivity index is 0.000000287. The van der Waals surface area contributed by atoms with Crippen LogP contribution >= 0.6 is 23.2 Å². The average molecular weight is 607 g/mol. The quantitative estimate of drug-likeness (QED) is 0.148. The van der Waals surface area contributed by atoms with Crippen molar-refractivity contribution >= 4 is 69.8 Å². The molecule has 41 heavy (non-hydrogen) atoms. The van der Waals surface area contributed by atoms with Crippen molar-refractivity contribution in [3.05, 3.63) is 63.8 Å². The molecule has 3 aromatic rings. The Labute approximate surface area is 248 Å². The van der Waals surface area contributed by atoms with Crippen molar-refractivity contribution in [1.82, 2.24) is 10.3 Å². The fourth-order valence-corrected chi connectivity index (χ4v) is 4.27. The lowest BCUT2D eigenvalue weighted by Crippen LogP contribution is -2.42. The van der Waals surface area contributed by atoms with Crippen molar-refractivity contribution in [2.75, 3.05) is 18.5 Å².